The van der Waals surface area contributed by atoms with E-state index in [-0.39, 0.29) is -1.69 Å². The van der Waals surface area contributed by atoms with Crippen LogP contribution in [0.4, 0.5) is 0 Å². The maximum atomic E-state index is 4.61. The van der Waals surface area contributed by atoms with E-state index in [0.717, 1.165) is 17.5 Å². The molecular formula is C6I9N3. The van der Waals surface area contributed by atoms with Gasteiger partial charge in [0, 0.05) is 0 Å². The van der Waals surface area contributed by atoms with Crippen LogP contribution in [-0.4, -0.2) is 15.0 Å². The van der Waals surface area contributed by atoms with Crippen LogP contribution in [0.15, 0.2) is 0 Å². The molecular weight excluding hydrogens is 1260 g/mol. The fourth-order valence-corrected chi connectivity index (χ4v) is 2.93. The second-order valence-electron chi connectivity index (χ2n) is 2.80. The third kappa shape index (κ3) is 7.22. The smallest absolute Gasteiger partial charge is 0.183 e. The number of halogens is 9. The lowest BCUT2D eigenvalue weighted by atomic mass is 10.5. The van der Waals surface area contributed by atoms with Crippen molar-refractivity contribution in [1.29, 1.82) is 0 Å². The van der Waals surface area contributed by atoms with Gasteiger partial charge in [0.25, 0.3) is 0 Å². The molecule has 0 saturated heterocycles. The first kappa shape index (κ1) is 21.6. The van der Waals surface area contributed by atoms with Crippen LogP contribution in [0.2, 0.25) is 0 Å². The van der Waals surface area contributed by atoms with Crippen molar-refractivity contribution in [2.24, 2.45) is 0 Å². The molecule has 0 aliphatic heterocycles. The monoisotopic (exact) mass is 1260 g/mol. The van der Waals surface area contributed by atoms with Crippen LogP contribution >= 0.6 is 203 Å². The van der Waals surface area contributed by atoms with Crippen molar-refractivity contribution in [2.45, 2.75) is -1.69 Å². The Hall–Kier alpha value is 5.58. The van der Waals surface area contributed by atoms with Gasteiger partial charge in [0.05, 0.1) is 0 Å². The van der Waals surface area contributed by atoms with Gasteiger partial charge in [-0.25, -0.2) is 15.0 Å². The van der Waals surface area contributed by atoms with E-state index in [4.69, 9.17) is 0 Å². The quantitative estimate of drug-likeness (QED) is 0.240. The number of aromatic nitrogens is 3. The number of hydrogen-bond donors (Lipinski definition) is 0. The maximum absolute atomic E-state index is 4.61. The van der Waals surface area contributed by atoms with Crippen molar-refractivity contribution in [3.05, 3.63) is 17.5 Å². The van der Waals surface area contributed by atoms with Gasteiger partial charge in [0.1, 0.15) is 0 Å². The summed E-state index contributed by atoms with van der Waals surface area (Å²) >= 11 is 21.0. The normalized spacial score (nSPS) is 13.8. The van der Waals surface area contributed by atoms with Crippen LogP contribution in [0.1, 0.15) is 17.5 Å². The van der Waals surface area contributed by atoms with Crippen molar-refractivity contribution < 1.29 is 0 Å². The van der Waals surface area contributed by atoms with Crippen molar-refractivity contribution in [3.8, 4) is 0 Å². The Morgan fingerprint density at radius 2 is 0.611 bits per heavy atom. The Labute approximate surface area is 228 Å². The summed E-state index contributed by atoms with van der Waals surface area (Å²) in [7, 11) is 0. The van der Waals surface area contributed by atoms with Gasteiger partial charge < -0.3 is 0 Å². The van der Waals surface area contributed by atoms with Crippen LogP contribution in [0.3, 0.4) is 0 Å². The van der Waals surface area contributed by atoms with Gasteiger partial charge in [-0.05, 0) is 203 Å². The first-order chi connectivity index (χ1) is 7.82. The molecule has 12 heteroatoms. The Kier molecular flexibility index (Phi) is 9.98. The lowest BCUT2D eigenvalue weighted by molar-refractivity contribution is 0.858. The second kappa shape index (κ2) is 8.31. The number of hydrogen-bond acceptors (Lipinski definition) is 3. The molecule has 0 radical (unpaired) electrons. The molecule has 1 heterocycles. The fourth-order valence-electron chi connectivity index (χ4n) is 0.756. The van der Waals surface area contributed by atoms with E-state index in [1.165, 1.54) is 0 Å². The number of nitrogens with zero attached hydrogens (tertiary/aromatic N) is 3. The van der Waals surface area contributed by atoms with Crippen LogP contribution < -0.4 is 0 Å². The van der Waals surface area contributed by atoms with Gasteiger partial charge in [0.2, 0.25) is 0 Å². The Morgan fingerprint density at radius 3 is 0.722 bits per heavy atom. The highest BCUT2D eigenvalue weighted by Gasteiger charge is 2.35. The van der Waals surface area contributed by atoms with Gasteiger partial charge in [0.15, 0.2) is 15.8 Å². The van der Waals surface area contributed by atoms with E-state index >= 15 is 0 Å². The summed E-state index contributed by atoms with van der Waals surface area (Å²) in [5.41, 5.74) is 0. The Bertz CT molecular complexity index is 364. The number of rotatable bonds is 3. The van der Waals surface area contributed by atoms with Gasteiger partial charge in [-0.1, -0.05) is 0 Å². The molecule has 0 aliphatic rings. The van der Waals surface area contributed by atoms with Gasteiger partial charge in [-0.3, -0.25) is 0 Å². The SMILES string of the molecule is IC(I)(I)c1nc(C(I)(I)I)nc(C(I)(I)I)n1. The predicted molar refractivity (Wildman–Crippen MR) is 151 cm³/mol. The van der Waals surface area contributed by atoms with Gasteiger partial charge in [-0.2, -0.15) is 0 Å². The summed E-state index contributed by atoms with van der Waals surface area (Å²) in [4.78, 5) is 13.8. The summed E-state index contributed by atoms with van der Waals surface area (Å²) in [6.45, 7) is 0. The average Bonchev–Trinajstić information content (AvgIpc) is 2.13. The van der Waals surface area contributed by atoms with E-state index in [0.29, 0.717) is 0 Å². The molecule has 1 rings (SSSR count). The van der Waals surface area contributed by atoms with E-state index in [9.17, 15) is 0 Å². The summed E-state index contributed by atoms with van der Waals surface area (Å²) in [5.74, 6) is 2.44. The summed E-state index contributed by atoms with van der Waals surface area (Å²) in [5, 5.41) is 0. The third-order valence-electron chi connectivity index (χ3n) is 1.40. The summed E-state index contributed by atoms with van der Waals surface area (Å²) < 4.78 is -0.488. The lowest BCUT2D eigenvalue weighted by Crippen LogP contribution is -2.19. The fraction of sp³-hybridized carbons (Fsp3) is 0.500. The van der Waals surface area contributed by atoms with Gasteiger partial charge >= 0.3 is 0 Å². The molecule has 0 bridgehead atoms. The van der Waals surface area contributed by atoms with Crippen molar-refractivity contribution in [3.63, 3.8) is 0 Å². The molecule has 0 N–H and O–H groups in total. The molecule has 0 amide bonds. The highest BCUT2D eigenvalue weighted by molar-refractivity contribution is 14.3. The molecule has 18 heavy (non-hydrogen) atoms. The van der Waals surface area contributed by atoms with Crippen molar-refractivity contribution in [2.75, 3.05) is 0 Å². The molecule has 0 fully saturated rings. The predicted octanol–water partition coefficient (Wildman–Crippen LogP) is 7.12. The molecule has 0 aliphatic carbocycles. The highest BCUT2D eigenvalue weighted by atomic mass is 127. The first-order valence-corrected chi connectivity index (χ1v) is 13.5. The summed E-state index contributed by atoms with van der Waals surface area (Å²) in [6.07, 6.45) is 0. The van der Waals surface area contributed by atoms with E-state index in [2.05, 4.69) is 218 Å². The van der Waals surface area contributed by atoms with Crippen molar-refractivity contribution in [1.82, 2.24) is 15.0 Å². The lowest BCUT2D eigenvalue weighted by Gasteiger charge is -2.19. The number of alkyl halides is 9. The van der Waals surface area contributed by atoms with Crippen LogP contribution in [0, 0.1) is 0 Å². The minimum Gasteiger partial charge on any atom is -0.212 e. The molecule has 102 valence electrons. The van der Waals surface area contributed by atoms with E-state index in [1.54, 1.807) is 0 Å². The zero-order valence-corrected chi connectivity index (χ0v) is 27.2. The molecule has 1 aromatic rings. The molecule has 3 nitrogen and oxygen atoms in total. The average molecular weight is 1260 g/mol. The highest BCUT2D eigenvalue weighted by Crippen LogP contribution is 2.50. The Morgan fingerprint density at radius 1 is 0.444 bits per heavy atom. The molecule has 0 atom stereocenters. The molecule has 0 saturated carbocycles. The molecule has 0 spiro atoms. The molecule has 0 aromatic carbocycles. The molecule has 1 aromatic heterocycles. The summed E-state index contributed by atoms with van der Waals surface area (Å²) in [6, 6.07) is 0. The first-order valence-electron chi connectivity index (χ1n) is 3.79. The van der Waals surface area contributed by atoms with Crippen LogP contribution in [0.5, 0.6) is 0 Å². The van der Waals surface area contributed by atoms with E-state index < -0.39 is 0 Å². The van der Waals surface area contributed by atoms with Crippen LogP contribution in [0.25, 0.3) is 0 Å². The zero-order valence-electron chi connectivity index (χ0n) is 7.74. The topological polar surface area (TPSA) is 38.7 Å². The largest absolute Gasteiger partial charge is 0.212 e. The standard InChI is InChI=1S/C6I9N3/c7-4(8,9)1-16-2(5(10,11)12)18-3(17-1)6(13,14)15. The van der Waals surface area contributed by atoms with E-state index in [1.807, 2.05) is 0 Å². The Balaban J connectivity index is 3.49. The third-order valence-corrected chi connectivity index (χ3v) is 5.74. The zero-order chi connectivity index (χ0) is 14.4. The van der Waals surface area contributed by atoms with Gasteiger partial charge in [-0.15, -0.1) is 0 Å². The minimum atomic E-state index is -0.163. The van der Waals surface area contributed by atoms with Crippen LogP contribution in [-0.2, 0) is -1.69 Å². The molecule has 0 unspecified atom stereocenters. The second-order valence-corrected chi connectivity index (χ2v) is 35.9. The minimum absolute atomic E-state index is 0.163. The van der Waals surface area contributed by atoms with Crippen molar-refractivity contribution >= 4 is 203 Å². The maximum Gasteiger partial charge on any atom is 0.183 e.